The molecule has 0 N–H and O–H groups in total. The molecule has 7 heteroatoms. The van der Waals surface area contributed by atoms with Crippen LogP contribution in [0.25, 0.3) is 0 Å². The maximum Gasteiger partial charge on any atom is 0.375 e. The van der Waals surface area contributed by atoms with Crippen LogP contribution in [0.3, 0.4) is 0 Å². The van der Waals surface area contributed by atoms with Crippen LogP contribution < -0.4 is 0 Å². The first-order chi connectivity index (χ1) is 8.58. The molecule has 1 aliphatic heterocycles. The van der Waals surface area contributed by atoms with Gasteiger partial charge in [0.05, 0.1) is 0 Å². The maximum atomic E-state index is 11.6. The van der Waals surface area contributed by atoms with E-state index in [1.807, 2.05) is 0 Å². The maximum absolute atomic E-state index is 11.6. The lowest BCUT2D eigenvalue weighted by Crippen LogP contribution is -2.38. The first kappa shape index (κ1) is 14.2. The van der Waals surface area contributed by atoms with E-state index in [4.69, 9.17) is 4.84 Å². The Bertz CT molecular complexity index is 353. The van der Waals surface area contributed by atoms with Crippen molar-refractivity contribution in [3.8, 4) is 0 Å². The molecule has 1 atom stereocenters. The fraction of sp³-hybridized carbons (Fsp3) is 0.545. The summed E-state index contributed by atoms with van der Waals surface area (Å²) < 4.78 is 0. The molecule has 1 fully saturated rings. The van der Waals surface area contributed by atoms with Crippen LogP contribution in [-0.2, 0) is 29.0 Å². The second-order valence-corrected chi connectivity index (χ2v) is 3.62. The molecule has 1 rings (SSSR count). The first-order valence-electron chi connectivity index (χ1n) is 5.60. The topological polar surface area (TPSA) is 82.1 Å². The third-order valence-corrected chi connectivity index (χ3v) is 2.36. The Kier molecular flexibility index (Phi) is 5.31. The van der Waals surface area contributed by atoms with Gasteiger partial charge in [0.1, 0.15) is 6.04 Å². The highest BCUT2D eigenvalue weighted by Gasteiger charge is 2.36. The highest BCUT2D eigenvalue weighted by atomic mass is 17.2. The SMILES string of the molecule is C=CC(=O)ON1CCCC1C(=O)OOC(=O)CC. The lowest BCUT2D eigenvalue weighted by atomic mass is 10.2. The van der Waals surface area contributed by atoms with Gasteiger partial charge in [0.25, 0.3) is 0 Å². The van der Waals surface area contributed by atoms with Crippen LogP contribution in [-0.4, -0.2) is 35.6 Å². The van der Waals surface area contributed by atoms with E-state index in [2.05, 4.69) is 16.4 Å². The van der Waals surface area contributed by atoms with E-state index < -0.39 is 23.9 Å². The van der Waals surface area contributed by atoms with Gasteiger partial charge in [0.15, 0.2) is 0 Å². The van der Waals surface area contributed by atoms with E-state index in [1.54, 1.807) is 6.92 Å². The van der Waals surface area contributed by atoms with Crippen molar-refractivity contribution < 1.29 is 29.0 Å². The van der Waals surface area contributed by atoms with Gasteiger partial charge in [-0.15, -0.1) is 5.06 Å². The zero-order chi connectivity index (χ0) is 13.5. The van der Waals surface area contributed by atoms with Crippen molar-refractivity contribution in [3.63, 3.8) is 0 Å². The van der Waals surface area contributed by atoms with E-state index >= 15 is 0 Å². The zero-order valence-corrected chi connectivity index (χ0v) is 10.1. The second kappa shape index (κ2) is 6.75. The number of rotatable bonds is 4. The molecule has 100 valence electrons. The number of hydroxylamine groups is 2. The van der Waals surface area contributed by atoms with Crippen LogP contribution in [0.5, 0.6) is 0 Å². The van der Waals surface area contributed by atoms with E-state index in [0.717, 1.165) is 6.08 Å². The van der Waals surface area contributed by atoms with Gasteiger partial charge in [0.2, 0.25) is 0 Å². The van der Waals surface area contributed by atoms with Crippen molar-refractivity contribution in [2.75, 3.05) is 6.54 Å². The largest absolute Gasteiger partial charge is 0.375 e. The minimum absolute atomic E-state index is 0.104. The van der Waals surface area contributed by atoms with Crippen molar-refractivity contribution >= 4 is 17.9 Å². The summed E-state index contributed by atoms with van der Waals surface area (Å²) in [6, 6.07) is -0.751. The molecule has 1 heterocycles. The molecule has 0 aromatic rings. The summed E-state index contributed by atoms with van der Waals surface area (Å²) >= 11 is 0. The molecule has 7 nitrogen and oxygen atoms in total. The fourth-order valence-electron chi connectivity index (χ4n) is 1.44. The zero-order valence-electron chi connectivity index (χ0n) is 10.1. The van der Waals surface area contributed by atoms with Crippen LogP contribution in [0.2, 0.25) is 0 Å². The lowest BCUT2D eigenvalue weighted by molar-refractivity contribution is -0.268. The molecule has 0 bridgehead atoms. The van der Waals surface area contributed by atoms with Crippen molar-refractivity contribution in [2.24, 2.45) is 0 Å². The van der Waals surface area contributed by atoms with E-state index in [-0.39, 0.29) is 6.42 Å². The Morgan fingerprint density at radius 3 is 2.72 bits per heavy atom. The Morgan fingerprint density at radius 2 is 2.11 bits per heavy atom. The summed E-state index contributed by atoms with van der Waals surface area (Å²) in [5, 5.41) is 1.20. The van der Waals surface area contributed by atoms with Gasteiger partial charge >= 0.3 is 17.9 Å². The number of hydrogen-bond donors (Lipinski definition) is 0. The van der Waals surface area contributed by atoms with E-state index in [1.165, 1.54) is 5.06 Å². The summed E-state index contributed by atoms with van der Waals surface area (Å²) in [6.45, 7) is 5.25. The summed E-state index contributed by atoms with van der Waals surface area (Å²) in [5.74, 6) is -2.05. The van der Waals surface area contributed by atoms with Gasteiger partial charge in [0, 0.05) is 19.0 Å². The summed E-state index contributed by atoms with van der Waals surface area (Å²) in [4.78, 5) is 47.0. The molecule has 0 amide bonds. The third-order valence-electron chi connectivity index (χ3n) is 2.36. The third kappa shape index (κ3) is 3.85. The van der Waals surface area contributed by atoms with Crippen molar-refractivity contribution in [1.82, 2.24) is 5.06 Å². The minimum Gasteiger partial charge on any atom is -0.363 e. The Morgan fingerprint density at radius 1 is 1.39 bits per heavy atom. The number of hydrogen-bond acceptors (Lipinski definition) is 7. The van der Waals surface area contributed by atoms with Gasteiger partial charge in [-0.3, -0.25) is 0 Å². The van der Waals surface area contributed by atoms with Crippen molar-refractivity contribution in [1.29, 1.82) is 0 Å². The average molecular weight is 257 g/mol. The molecular weight excluding hydrogens is 242 g/mol. The average Bonchev–Trinajstić information content (AvgIpc) is 2.83. The monoisotopic (exact) mass is 257 g/mol. The molecule has 0 radical (unpaired) electrons. The van der Waals surface area contributed by atoms with Crippen molar-refractivity contribution in [2.45, 2.75) is 32.2 Å². The van der Waals surface area contributed by atoms with Gasteiger partial charge in [-0.1, -0.05) is 13.5 Å². The number of carbonyl (C=O) groups excluding carboxylic acids is 3. The van der Waals surface area contributed by atoms with Crippen LogP contribution in [0.4, 0.5) is 0 Å². The van der Waals surface area contributed by atoms with Crippen molar-refractivity contribution in [3.05, 3.63) is 12.7 Å². The van der Waals surface area contributed by atoms with E-state index in [0.29, 0.717) is 19.4 Å². The standard InChI is InChI=1S/C11H15NO6/c1-3-9(13)16-12-7-5-6-8(12)11(15)18-17-10(14)4-2/h3,8H,1,4-7H2,2H3. The molecule has 0 spiro atoms. The molecule has 18 heavy (non-hydrogen) atoms. The highest BCUT2D eigenvalue weighted by molar-refractivity contribution is 5.81. The second-order valence-electron chi connectivity index (χ2n) is 3.62. The number of nitrogens with zero attached hydrogens (tertiary/aromatic N) is 1. The van der Waals surface area contributed by atoms with Gasteiger partial charge in [-0.05, 0) is 12.8 Å². The van der Waals surface area contributed by atoms with Gasteiger partial charge < -0.3 is 4.84 Å². The van der Waals surface area contributed by atoms with Crippen LogP contribution in [0.1, 0.15) is 26.2 Å². The Balaban J connectivity index is 2.47. The lowest BCUT2D eigenvalue weighted by Gasteiger charge is -2.19. The highest BCUT2D eigenvalue weighted by Crippen LogP contribution is 2.19. The van der Waals surface area contributed by atoms with Crippen LogP contribution in [0, 0.1) is 0 Å². The molecule has 1 aliphatic rings. The predicted octanol–water partition coefficient (Wildman–Crippen LogP) is 0.506. The number of carbonyl (C=O) groups is 3. The minimum atomic E-state index is -0.758. The van der Waals surface area contributed by atoms with E-state index in [9.17, 15) is 14.4 Å². The van der Waals surface area contributed by atoms with Gasteiger partial charge in [-0.2, -0.15) is 0 Å². The Hall–Kier alpha value is -1.89. The Labute approximate surface area is 104 Å². The molecular formula is C11H15NO6. The first-order valence-corrected chi connectivity index (χ1v) is 5.60. The predicted molar refractivity (Wildman–Crippen MR) is 58.5 cm³/mol. The molecule has 0 aromatic heterocycles. The molecule has 1 saturated heterocycles. The summed E-state index contributed by atoms with van der Waals surface area (Å²) in [7, 11) is 0. The normalized spacial score (nSPS) is 19.1. The van der Waals surface area contributed by atoms with Crippen LogP contribution >= 0.6 is 0 Å². The smallest absolute Gasteiger partial charge is 0.363 e. The van der Waals surface area contributed by atoms with Gasteiger partial charge in [-0.25, -0.2) is 24.2 Å². The summed E-state index contributed by atoms with van der Waals surface area (Å²) in [6.07, 6.45) is 2.24. The molecule has 0 aliphatic carbocycles. The summed E-state index contributed by atoms with van der Waals surface area (Å²) in [5.41, 5.74) is 0. The molecule has 0 aromatic carbocycles. The molecule has 1 unspecified atom stereocenters. The molecule has 0 saturated carbocycles. The fourth-order valence-corrected chi connectivity index (χ4v) is 1.44. The quantitative estimate of drug-likeness (QED) is 0.412. The van der Waals surface area contributed by atoms with Crippen LogP contribution in [0.15, 0.2) is 12.7 Å².